The molecule has 0 saturated heterocycles. The summed E-state index contributed by atoms with van der Waals surface area (Å²) in [5, 5.41) is 8.00. The van der Waals surface area contributed by atoms with Gasteiger partial charge in [-0.25, -0.2) is 4.79 Å². The van der Waals surface area contributed by atoms with Crippen molar-refractivity contribution in [3.63, 3.8) is 0 Å². The third-order valence-electron chi connectivity index (χ3n) is 1.57. The first-order valence-corrected chi connectivity index (χ1v) is 3.62. The lowest BCUT2D eigenvalue weighted by molar-refractivity contribution is -0.233. The van der Waals surface area contributed by atoms with Gasteiger partial charge in [0.05, 0.1) is 6.42 Å². The average Bonchev–Trinajstić information content (AvgIpc) is 2.09. The van der Waals surface area contributed by atoms with Crippen LogP contribution in [0.15, 0.2) is 24.3 Å². The molecule has 0 aliphatic rings. The van der Waals surface area contributed by atoms with Crippen molar-refractivity contribution in [1.82, 2.24) is 0 Å². The van der Waals surface area contributed by atoms with Crippen LogP contribution in [0.2, 0.25) is 0 Å². The summed E-state index contributed by atoms with van der Waals surface area (Å²) in [5.41, 5.74) is 1.97. The second-order valence-corrected chi connectivity index (χ2v) is 2.63. The summed E-state index contributed by atoms with van der Waals surface area (Å²) >= 11 is 0. The van der Waals surface area contributed by atoms with E-state index in [1.807, 2.05) is 31.2 Å². The molecule has 0 aromatic heterocycles. The molecule has 0 fully saturated rings. The SMILES string of the molecule is Cc1ccc(CC(=O)OO)cc1. The zero-order valence-corrected chi connectivity index (χ0v) is 6.78. The van der Waals surface area contributed by atoms with E-state index in [0.29, 0.717) is 0 Å². The molecule has 0 unspecified atom stereocenters. The Morgan fingerprint density at radius 3 is 2.50 bits per heavy atom. The van der Waals surface area contributed by atoms with Gasteiger partial charge >= 0.3 is 5.97 Å². The van der Waals surface area contributed by atoms with Crippen LogP contribution in [0.5, 0.6) is 0 Å². The van der Waals surface area contributed by atoms with Crippen LogP contribution in [0.1, 0.15) is 11.1 Å². The van der Waals surface area contributed by atoms with Crippen LogP contribution in [-0.4, -0.2) is 11.2 Å². The van der Waals surface area contributed by atoms with Crippen molar-refractivity contribution in [2.75, 3.05) is 0 Å². The molecule has 1 aromatic carbocycles. The van der Waals surface area contributed by atoms with E-state index in [0.717, 1.165) is 11.1 Å². The van der Waals surface area contributed by atoms with Gasteiger partial charge in [0.1, 0.15) is 0 Å². The highest BCUT2D eigenvalue weighted by Crippen LogP contribution is 2.03. The van der Waals surface area contributed by atoms with Crippen LogP contribution in [-0.2, 0) is 16.1 Å². The quantitative estimate of drug-likeness (QED) is 0.535. The van der Waals surface area contributed by atoms with Crippen LogP contribution in [0.25, 0.3) is 0 Å². The third-order valence-corrected chi connectivity index (χ3v) is 1.57. The molecule has 1 rings (SSSR count). The summed E-state index contributed by atoms with van der Waals surface area (Å²) in [6.45, 7) is 1.97. The van der Waals surface area contributed by atoms with Crippen molar-refractivity contribution in [2.24, 2.45) is 0 Å². The standard InChI is InChI=1S/C9H10O3/c1-7-2-4-8(5-3-7)6-9(10)12-11/h2-5,11H,6H2,1H3. The van der Waals surface area contributed by atoms with Gasteiger partial charge in [0.25, 0.3) is 0 Å². The Balaban J connectivity index is 2.64. The number of aryl methyl sites for hydroxylation is 1. The molecular formula is C9H10O3. The van der Waals surface area contributed by atoms with Crippen molar-refractivity contribution >= 4 is 5.97 Å². The first-order valence-electron chi connectivity index (χ1n) is 3.62. The van der Waals surface area contributed by atoms with E-state index >= 15 is 0 Å². The molecule has 0 aliphatic heterocycles. The minimum Gasteiger partial charge on any atom is -0.301 e. The summed E-state index contributed by atoms with van der Waals surface area (Å²) in [6.07, 6.45) is 0.108. The van der Waals surface area contributed by atoms with Crippen molar-refractivity contribution in [1.29, 1.82) is 0 Å². The van der Waals surface area contributed by atoms with E-state index in [-0.39, 0.29) is 6.42 Å². The van der Waals surface area contributed by atoms with Crippen LogP contribution in [0.3, 0.4) is 0 Å². The van der Waals surface area contributed by atoms with Crippen molar-refractivity contribution in [3.8, 4) is 0 Å². The molecule has 0 aliphatic carbocycles. The highest BCUT2D eigenvalue weighted by Gasteiger charge is 2.02. The van der Waals surface area contributed by atoms with Gasteiger partial charge in [-0.1, -0.05) is 29.8 Å². The van der Waals surface area contributed by atoms with E-state index in [1.54, 1.807) is 0 Å². The highest BCUT2D eigenvalue weighted by atomic mass is 17.1. The molecule has 0 radical (unpaired) electrons. The molecule has 1 aromatic rings. The largest absolute Gasteiger partial charge is 0.346 e. The average molecular weight is 166 g/mol. The normalized spacial score (nSPS) is 9.50. The topological polar surface area (TPSA) is 46.5 Å². The Morgan fingerprint density at radius 2 is 2.00 bits per heavy atom. The third kappa shape index (κ3) is 2.36. The number of carbonyl (C=O) groups excluding carboxylic acids is 1. The summed E-state index contributed by atoms with van der Waals surface area (Å²) in [7, 11) is 0. The van der Waals surface area contributed by atoms with Gasteiger partial charge in [-0.05, 0) is 12.5 Å². The van der Waals surface area contributed by atoms with Gasteiger partial charge in [-0.15, -0.1) is 0 Å². The summed E-state index contributed by atoms with van der Waals surface area (Å²) in [4.78, 5) is 14.1. The summed E-state index contributed by atoms with van der Waals surface area (Å²) < 4.78 is 0. The Labute approximate surface area is 70.5 Å². The number of carbonyl (C=O) groups is 1. The maximum Gasteiger partial charge on any atom is 0.346 e. The van der Waals surface area contributed by atoms with E-state index in [1.165, 1.54) is 0 Å². The van der Waals surface area contributed by atoms with Gasteiger partial charge in [-0.2, -0.15) is 5.26 Å². The van der Waals surface area contributed by atoms with Crippen molar-refractivity contribution in [2.45, 2.75) is 13.3 Å². The molecular weight excluding hydrogens is 156 g/mol. The summed E-state index contributed by atoms with van der Waals surface area (Å²) in [5.74, 6) is -0.640. The molecule has 64 valence electrons. The zero-order valence-electron chi connectivity index (χ0n) is 6.78. The van der Waals surface area contributed by atoms with Gasteiger partial charge in [0.2, 0.25) is 0 Å². The second kappa shape index (κ2) is 3.88. The predicted octanol–water partition coefficient (Wildman–Crippen LogP) is 1.55. The van der Waals surface area contributed by atoms with Crippen LogP contribution >= 0.6 is 0 Å². The lowest BCUT2D eigenvalue weighted by Gasteiger charge is -1.97. The Bertz CT molecular complexity index is 264. The number of hydrogen-bond acceptors (Lipinski definition) is 3. The highest BCUT2D eigenvalue weighted by molar-refractivity contribution is 5.71. The van der Waals surface area contributed by atoms with Gasteiger partial charge in [-0.3, -0.25) is 0 Å². The first kappa shape index (κ1) is 8.74. The van der Waals surface area contributed by atoms with Gasteiger partial charge < -0.3 is 4.89 Å². The van der Waals surface area contributed by atoms with E-state index < -0.39 is 5.97 Å². The van der Waals surface area contributed by atoms with Crippen LogP contribution in [0, 0.1) is 6.92 Å². The van der Waals surface area contributed by atoms with E-state index in [9.17, 15) is 4.79 Å². The van der Waals surface area contributed by atoms with E-state index in [2.05, 4.69) is 4.89 Å². The lowest BCUT2D eigenvalue weighted by Crippen LogP contribution is -2.04. The molecule has 0 heterocycles. The monoisotopic (exact) mass is 166 g/mol. The Kier molecular flexibility index (Phi) is 2.82. The predicted molar refractivity (Wildman–Crippen MR) is 43.6 cm³/mol. The lowest BCUT2D eigenvalue weighted by atomic mass is 10.1. The Morgan fingerprint density at radius 1 is 1.42 bits per heavy atom. The fourth-order valence-electron chi connectivity index (χ4n) is 0.905. The fraction of sp³-hybridized carbons (Fsp3) is 0.222. The maximum atomic E-state index is 10.6. The molecule has 3 nitrogen and oxygen atoms in total. The minimum atomic E-state index is -0.640. The molecule has 0 amide bonds. The van der Waals surface area contributed by atoms with Crippen molar-refractivity contribution in [3.05, 3.63) is 35.4 Å². The zero-order chi connectivity index (χ0) is 8.97. The number of benzene rings is 1. The fourth-order valence-corrected chi connectivity index (χ4v) is 0.905. The molecule has 1 N–H and O–H groups in total. The van der Waals surface area contributed by atoms with E-state index in [4.69, 9.17) is 5.26 Å². The molecule has 0 bridgehead atoms. The smallest absolute Gasteiger partial charge is 0.301 e. The van der Waals surface area contributed by atoms with Crippen LogP contribution < -0.4 is 0 Å². The van der Waals surface area contributed by atoms with Gasteiger partial charge in [0.15, 0.2) is 0 Å². The number of hydrogen-bond donors (Lipinski definition) is 1. The number of rotatable bonds is 2. The molecule has 0 saturated carbocycles. The first-order chi connectivity index (χ1) is 5.72. The maximum absolute atomic E-state index is 10.6. The molecule has 12 heavy (non-hydrogen) atoms. The molecule has 0 atom stereocenters. The molecule has 3 heteroatoms. The second-order valence-electron chi connectivity index (χ2n) is 2.63. The van der Waals surface area contributed by atoms with Crippen LogP contribution in [0.4, 0.5) is 0 Å². The van der Waals surface area contributed by atoms with Crippen molar-refractivity contribution < 1.29 is 14.9 Å². The Hall–Kier alpha value is -1.35. The van der Waals surface area contributed by atoms with Gasteiger partial charge in [0, 0.05) is 0 Å². The molecule has 0 spiro atoms. The minimum absolute atomic E-state index is 0.108. The summed E-state index contributed by atoms with van der Waals surface area (Å²) in [6, 6.07) is 7.46.